The highest BCUT2D eigenvalue weighted by Crippen LogP contribution is 2.28. The van der Waals surface area contributed by atoms with Crippen molar-refractivity contribution in [1.82, 2.24) is 30.4 Å². The van der Waals surface area contributed by atoms with E-state index in [1.165, 1.54) is 15.9 Å². The molecular formula is C20H27ClN6O3. The zero-order chi connectivity index (χ0) is 22.1. The van der Waals surface area contributed by atoms with Crippen LogP contribution in [0.5, 0.6) is 0 Å². The van der Waals surface area contributed by atoms with Crippen molar-refractivity contribution in [2.75, 3.05) is 6.54 Å². The maximum Gasteiger partial charge on any atom is 0.252 e. The summed E-state index contributed by atoms with van der Waals surface area (Å²) < 4.78 is 1.50. The Kier molecular flexibility index (Phi) is 6.42. The number of tetrazole rings is 1. The molecule has 3 unspecified atom stereocenters. The van der Waals surface area contributed by atoms with E-state index in [0.717, 1.165) is 5.56 Å². The van der Waals surface area contributed by atoms with Crippen LogP contribution in [0.25, 0.3) is 5.69 Å². The van der Waals surface area contributed by atoms with Crippen molar-refractivity contribution in [2.24, 2.45) is 5.41 Å². The van der Waals surface area contributed by atoms with E-state index in [2.05, 4.69) is 20.8 Å². The van der Waals surface area contributed by atoms with Crippen LogP contribution < -0.4 is 5.32 Å². The highest BCUT2D eigenvalue weighted by molar-refractivity contribution is 6.30. The molecule has 0 bridgehead atoms. The second kappa shape index (κ2) is 8.69. The van der Waals surface area contributed by atoms with Crippen molar-refractivity contribution in [3.8, 4) is 5.69 Å². The van der Waals surface area contributed by atoms with E-state index >= 15 is 0 Å². The third kappa shape index (κ3) is 4.62. The molecule has 1 aromatic carbocycles. The number of rotatable bonds is 5. The summed E-state index contributed by atoms with van der Waals surface area (Å²) in [6.07, 6.45) is 1.56. The monoisotopic (exact) mass is 434 g/mol. The fraction of sp³-hybridized carbons (Fsp3) is 0.550. The molecule has 3 rings (SSSR count). The molecule has 162 valence electrons. The predicted octanol–water partition coefficient (Wildman–Crippen LogP) is 1.89. The van der Waals surface area contributed by atoms with Crippen LogP contribution in [0, 0.1) is 5.41 Å². The number of aromatic nitrogens is 4. The van der Waals surface area contributed by atoms with Crippen molar-refractivity contribution >= 4 is 23.4 Å². The minimum Gasteiger partial charge on any atom is -0.383 e. The fourth-order valence-corrected chi connectivity index (χ4v) is 3.75. The molecule has 0 aliphatic carbocycles. The van der Waals surface area contributed by atoms with Crippen molar-refractivity contribution in [3.05, 3.63) is 35.1 Å². The number of nitrogens with zero attached hydrogens (tertiary/aromatic N) is 5. The minimum atomic E-state index is -1.16. The van der Waals surface area contributed by atoms with Crippen LogP contribution >= 0.6 is 11.6 Å². The number of nitrogens with one attached hydrogen (secondary N) is 1. The highest BCUT2D eigenvalue weighted by Gasteiger charge is 2.40. The Hall–Kier alpha value is -2.52. The van der Waals surface area contributed by atoms with Crippen molar-refractivity contribution in [3.63, 3.8) is 0 Å². The average Bonchev–Trinajstić information content (AvgIpc) is 3.37. The largest absolute Gasteiger partial charge is 0.383 e. The van der Waals surface area contributed by atoms with E-state index in [1.54, 1.807) is 39.0 Å². The second-order valence-corrected chi connectivity index (χ2v) is 9.08. The Balaban J connectivity index is 1.78. The first-order valence-electron chi connectivity index (χ1n) is 9.91. The number of aliphatic hydroxyl groups excluding tert-OH is 1. The number of likely N-dealkylation sites (tertiary alicyclic amines) is 1. The van der Waals surface area contributed by atoms with Gasteiger partial charge in [-0.2, -0.15) is 0 Å². The zero-order valence-electron chi connectivity index (χ0n) is 17.5. The van der Waals surface area contributed by atoms with Crippen LogP contribution in [-0.4, -0.2) is 60.7 Å². The van der Waals surface area contributed by atoms with Gasteiger partial charge < -0.3 is 15.3 Å². The van der Waals surface area contributed by atoms with E-state index in [4.69, 9.17) is 11.6 Å². The Morgan fingerprint density at radius 2 is 2.07 bits per heavy atom. The van der Waals surface area contributed by atoms with Crippen LogP contribution in [0.3, 0.4) is 0 Å². The van der Waals surface area contributed by atoms with Gasteiger partial charge >= 0.3 is 0 Å². The third-order valence-corrected chi connectivity index (χ3v) is 5.54. The number of hydrogen-bond acceptors (Lipinski definition) is 6. The van der Waals surface area contributed by atoms with Gasteiger partial charge in [-0.1, -0.05) is 32.4 Å². The Morgan fingerprint density at radius 1 is 1.33 bits per heavy atom. The lowest BCUT2D eigenvalue weighted by Gasteiger charge is -2.32. The van der Waals surface area contributed by atoms with Crippen LogP contribution in [0.15, 0.2) is 24.5 Å². The van der Waals surface area contributed by atoms with Crippen molar-refractivity contribution < 1.29 is 14.7 Å². The van der Waals surface area contributed by atoms with Crippen molar-refractivity contribution in [1.29, 1.82) is 0 Å². The molecule has 2 aromatic rings. The Bertz CT molecular complexity index is 912. The summed E-state index contributed by atoms with van der Waals surface area (Å²) in [4.78, 5) is 27.3. The summed E-state index contributed by atoms with van der Waals surface area (Å²) in [7, 11) is 0. The summed E-state index contributed by atoms with van der Waals surface area (Å²) in [5.74, 6) is -0.679. The molecule has 3 atom stereocenters. The van der Waals surface area contributed by atoms with E-state index < -0.39 is 29.5 Å². The molecule has 9 nitrogen and oxygen atoms in total. The first-order valence-corrected chi connectivity index (χ1v) is 10.3. The lowest BCUT2D eigenvalue weighted by atomic mass is 9.88. The summed E-state index contributed by atoms with van der Waals surface area (Å²) in [6, 6.07) is 4.24. The molecule has 1 aromatic heterocycles. The van der Waals surface area contributed by atoms with E-state index in [9.17, 15) is 14.7 Å². The molecule has 2 N–H and O–H groups in total. The van der Waals surface area contributed by atoms with Crippen LogP contribution in [0.1, 0.15) is 52.1 Å². The number of carbonyl (C=O) groups excluding carboxylic acids is 2. The molecule has 0 spiro atoms. The summed E-state index contributed by atoms with van der Waals surface area (Å²) >= 11 is 6.17. The van der Waals surface area contributed by atoms with Gasteiger partial charge in [-0.3, -0.25) is 9.59 Å². The van der Waals surface area contributed by atoms with Gasteiger partial charge in [0.25, 0.3) is 5.91 Å². The highest BCUT2D eigenvalue weighted by atomic mass is 35.5. The van der Waals surface area contributed by atoms with E-state index in [-0.39, 0.29) is 5.91 Å². The lowest BCUT2D eigenvalue weighted by Crippen LogP contribution is -2.52. The molecule has 1 aliphatic heterocycles. The topological polar surface area (TPSA) is 113 Å². The maximum absolute atomic E-state index is 13.0. The third-order valence-electron chi connectivity index (χ3n) is 5.30. The quantitative estimate of drug-likeness (QED) is 0.742. The average molecular weight is 435 g/mol. The Labute approximate surface area is 180 Å². The van der Waals surface area contributed by atoms with Gasteiger partial charge in [0.2, 0.25) is 5.91 Å². The van der Waals surface area contributed by atoms with E-state index in [1.807, 2.05) is 6.92 Å². The molecule has 1 saturated heterocycles. The molecule has 2 amide bonds. The van der Waals surface area contributed by atoms with Crippen molar-refractivity contribution in [2.45, 2.75) is 58.7 Å². The molecule has 2 heterocycles. The standard InChI is InChI=1S/C20H27ClN6O3/c1-12(14-10-13(21)7-8-15(14)27-11-22-24-25-27)23-18(29)16-6-5-9-26(16)19(30)17(28)20(2,3)4/h7-8,10-12,16-17,28H,5-6,9H2,1-4H3,(H,23,29). The number of hydrogen-bond donors (Lipinski definition) is 2. The smallest absolute Gasteiger partial charge is 0.252 e. The Morgan fingerprint density at radius 3 is 2.70 bits per heavy atom. The van der Waals surface area contributed by atoms with Crippen LogP contribution in [-0.2, 0) is 9.59 Å². The van der Waals surface area contributed by atoms with Crippen LogP contribution in [0.2, 0.25) is 5.02 Å². The van der Waals surface area contributed by atoms with Gasteiger partial charge in [-0.15, -0.1) is 5.10 Å². The molecule has 0 saturated carbocycles. The van der Waals surface area contributed by atoms with Gasteiger partial charge in [0, 0.05) is 17.1 Å². The first kappa shape index (κ1) is 22.2. The summed E-state index contributed by atoms with van der Waals surface area (Å²) in [6.45, 7) is 7.67. The van der Waals surface area contributed by atoms with Gasteiger partial charge in [-0.05, 0) is 53.8 Å². The first-order chi connectivity index (χ1) is 14.1. The summed E-state index contributed by atoms with van der Waals surface area (Å²) in [5, 5.41) is 25.1. The van der Waals surface area contributed by atoms with Gasteiger partial charge in [0.15, 0.2) is 0 Å². The molecule has 1 fully saturated rings. The number of carbonyl (C=O) groups is 2. The fourth-order valence-electron chi connectivity index (χ4n) is 3.57. The van der Waals surface area contributed by atoms with Gasteiger partial charge in [-0.25, -0.2) is 4.68 Å². The normalized spacial score (nSPS) is 18.9. The molecule has 10 heteroatoms. The molecule has 1 aliphatic rings. The zero-order valence-corrected chi connectivity index (χ0v) is 18.3. The predicted molar refractivity (Wildman–Crippen MR) is 111 cm³/mol. The number of aliphatic hydroxyl groups is 1. The summed E-state index contributed by atoms with van der Waals surface area (Å²) in [5.41, 5.74) is 0.837. The second-order valence-electron chi connectivity index (χ2n) is 8.65. The number of benzene rings is 1. The SMILES string of the molecule is CC(NC(=O)C1CCCN1C(=O)C(O)C(C)(C)C)c1cc(Cl)ccc1-n1cnnn1. The number of halogens is 1. The number of amides is 2. The molecule has 0 radical (unpaired) electrons. The minimum absolute atomic E-state index is 0.267. The van der Waals surface area contributed by atoms with E-state index in [0.29, 0.717) is 30.1 Å². The van der Waals surface area contributed by atoms with Crippen LogP contribution in [0.4, 0.5) is 0 Å². The van der Waals surface area contributed by atoms with Gasteiger partial charge in [0.05, 0.1) is 11.7 Å². The van der Waals surface area contributed by atoms with Gasteiger partial charge in [0.1, 0.15) is 18.5 Å². The molecular weight excluding hydrogens is 408 g/mol. The maximum atomic E-state index is 13.0. The molecule has 30 heavy (non-hydrogen) atoms. The lowest BCUT2D eigenvalue weighted by molar-refractivity contribution is -0.150.